The Bertz CT molecular complexity index is 574. The number of benzene rings is 1. The number of hydrogen-bond donors (Lipinski definition) is 1. The van der Waals surface area contributed by atoms with Gasteiger partial charge in [-0.2, -0.15) is 4.98 Å². The summed E-state index contributed by atoms with van der Waals surface area (Å²) in [6.45, 7) is 4.31. The van der Waals surface area contributed by atoms with E-state index in [2.05, 4.69) is 10.1 Å². The Morgan fingerprint density at radius 3 is 2.45 bits per heavy atom. The molecule has 0 aliphatic heterocycles. The molecule has 108 valence electrons. The molecule has 1 heterocycles. The molecule has 0 spiro atoms. The largest absolute Gasteiger partial charge is 0.339 e. The van der Waals surface area contributed by atoms with Crippen molar-refractivity contribution in [1.82, 2.24) is 10.1 Å². The minimum atomic E-state index is -0.621. The van der Waals surface area contributed by atoms with Crippen molar-refractivity contribution in [2.45, 2.75) is 32.1 Å². The second-order valence-corrected chi connectivity index (χ2v) is 5.09. The van der Waals surface area contributed by atoms with Crippen molar-refractivity contribution < 1.29 is 13.3 Å². The molecule has 0 aliphatic carbocycles. The van der Waals surface area contributed by atoms with Crippen LogP contribution in [0.1, 0.15) is 37.5 Å². The average molecular weight is 281 g/mol. The van der Waals surface area contributed by atoms with Crippen LogP contribution in [0.4, 0.5) is 8.78 Å². The van der Waals surface area contributed by atoms with Crippen molar-refractivity contribution in [3.05, 3.63) is 47.1 Å². The molecule has 1 aromatic heterocycles. The minimum absolute atomic E-state index is 0.211. The van der Waals surface area contributed by atoms with Gasteiger partial charge in [0.1, 0.15) is 11.6 Å². The van der Waals surface area contributed by atoms with Gasteiger partial charge in [0.25, 0.3) is 0 Å². The predicted octanol–water partition coefficient (Wildman–Crippen LogP) is 2.57. The highest BCUT2D eigenvalue weighted by atomic mass is 19.1. The summed E-state index contributed by atoms with van der Waals surface area (Å²) in [6.07, 6.45) is 0.974. The van der Waals surface area contributed by atoms with Gasteiger partial charge in [0, 0.05) is 19.0 Å². The van der Waals surface area contributed by atoms with Gasteiger partial charge in [0.15, 0.2) is 5.82 Å². The second kappa shape index (κ2) is 5.66. The summed E-state index contributed by atoms with van der Waals surface area (Å²) in [6, 6.07) is 3.33. The normalized spacial score (nSPS) is 14.2. The molecule has 0 fully saturated rings. The first-order chi connectivity index (χ1) is 9.46. The van der Waals surface area contributed by atoms with Crippen LogP contribution in [0.15, 0.2) is 22.7 Å². The number of aromatic nitrogens is 2. The first kappa shape index (κ1) is 14.6. The molecule has 4 nitrogen and oxygen atoms in total. The van der Waals surface area contributed by atoms with Crippen LogP contribution in [-0.4, -0.2) is 16.7 Å². The lowest BCUT2D eigenvalue weighted by molar-refractivity contribution is 0.289. The number of nitrogens with zero attached hydrogens (tertiary/aromatic N) is 2. The molecule has 20 heavy (non-hydrogen) atoms. The molecule has 1 atom stereocenters. The smallest absolute Gasteiger partial charge is 0.233 e. The summed E-state index contributed by atoms with van der Waals surface area (Å²) < 4.78 is 31.4. The Labute approximate surface area is 116 Å². The molecule has 1 unspecified atom stereocenters. The van der Waals surface area contributed by atoms with E-state index in [4.69, 9.17) is 10.3 Å². The van der Waals surface area contributed by atoms with Crippen LogP contribution in [-0.2, 0) is 11.8 Å². The van der Waals surface area contributed by atoms with Gasteiger partial charge in [-0.05, 0) is 31.0 Å². The Kier molecular flexibility index (Phi) is 4.13. The summed E-state index contributed by atoms with van der Waals surface area (Å²) in [5.41, 5.74) is 5.81. The minimum Gasteiger partial charge on any atom is -0.339 e. The van der Waals surface area contributed by atoms with Crippen LogP contribution in [0.3, 0.4) is 0 Å². The summed E-state index contributed by atoms with van der Waals surface area (Å²) in [5.74, 6) is -0.402. The van der Waals surface area contributed by atoms with Gasteiger partial charge < -0.3 is 10.3 Å². The van der Waals surface area contributed by atoms with Gasteiger partial charge >= 0.3 is 0 Å². The number of hydrogen-bond acceptors (Lipinski definition) is 4. The van der Waals surface area contributed by atoms with Crippen LogP contribution in [0.25, 0.3) is 0 Å². The summed E-state index contributed by atoms with van der Waals surface area (Å²) >= 11 is 0. The topological polar surface area (TPSA) is 64.9 Å². The van der Waals surface area contributed by atoms with Crippen LogP contribution < -0.4 is 5.73 Å². The molecular weight excluding hydrogens is 264 g/mol. The fourth-order valence-electron chi connectivity index (χ4n) is 1.85. The third kappa shape index (κ3) is 3.01. The maximum atomic E-state index is 13.1. The molecule has 0 bridgehead atoms. The van der Waals surface area contributed by atoms with E-state index in [1.807, 2.05) is 13.8 Å². The lowest BCUT2D eigenvalue weighted by Gasteiger charge is -2.20. The molecule has 2 aromatic rings. The Morgan fingerprint density at radius 1 is 1.25 bits per heavy atom. The highest BCUT2D eigenvalue weighted by Crippen LogP contribution is 2.25. The van der Waals surface area contributed by atoms with Gasteiger partial charge in [-0.15, -0.1) is 0 Å². The molecular formula is C14H17F2N3O. The van der Waals surface area contributed by atoms with E-state index < -0.39 is 11.6 Å². The van der Waals surface area contributed by atoms with Crippen molar-refractivity contribution in [2.75, 3.05) is 6.54 Å². The zero-order valence-corrected chi connectivity index (χ0v) is 11.5. The third-order valence-electron chi connectivity index (χ3n) is 3.50. The molecule has 2 N–H and O–H groups in total. The van der Waals surface area contributed by atoms with Crippen LogP contribution in [0.5, 0.6) is 0 Å². The average Bonchev–Trinajstić information content (AvgIpc) is 2.85. The van der Waals surface area contributed by atoms with Gasteiger partial charge in [-0.3, -0.25) is 0 Å². The maximum absolute atomic E-state index is 13.1. The summed E-state index contributed by atoms with van der Waals surface area (Å²) in [7, 11) is 0. The SMILES string of the molecule is CCC(C)(CN)c1nc(Cc2cc(F)cc(F)c2)no1. The van der Waals surface area contributed by atoms with Crippen molar-refractivity contribution >= 4 is 0 Å². The van der Waals surface area contributed by atoms with E-state index in [1.54, 1.807) is 0 Å². The second-order valence-electron chi connectivity index (χ2n) is 5.09. The van der Waals surface area contributed by atoms with E-state index in [-0.39, 0.29) is 11.8 Å². The fraction of sp³-hybridized carbons (Fsp3) is 0.429. The van der Waals surface area contributed by atoms with E-state index in [1.165, 1.54) is 12.1 Å². The molecule has 1 aromatic carbocycles. The molecule has 0 aliphatic rings. The monoisotopic (exact) mass is 281 g/mol. The van der Waals surface area contributed by atoms with Crippen molar-refractivity contribution in [2.24, 2.45) is 5.73 Å². The molecule has 0 radical (unpaired) electrons. The first-order valence-corrected chi connectivity index (χ1v) is 6.45. The van der Waals surface area contributed by atoms with E-state index in [9.17, 15) is 8.78 Å². The van der Waals surface area contributed by atoms with E-state index >= 15 is 0 Å². The molecule has 0 amide bonds. The molecule has 2 rings (SSSR count). The number of nitrogens with two attached hydrogens (primary N) is 1. The lowest BCUT2D eigenvalue weighted by Crippen LogP contribution is -2.31. The van der Waals surface area contributed by atoms with Crippen molar-refractivity contribution in [3.63, 3.8) is 0 Å². The Hall–Kier alpha value is -1.82. The van der Waals surface area contributed by atoms with Gasteiger partial charge in [-0.1, -0.05) is 12.1 Å². The van der Waals surface area contributed by atoms with E-state index in [0.29, 0.717) is 23.8 Å². The van der Waals surface area contributed by atoms with Gasteiger partial charge in [0.2, 0.25) is 5.89 Å². The van der Waals surface area contributed by atoms with Crippen LogP contribution in [0.2, 0.25) is 0 Å². The first-order valence-electron chi connectivity index (χ1n) is 6.45. The fourth-order valence-corrected chi connectivity index (χ4v) is 1.85. The zero-order chi connectivity index (χ0) is 14.8. The standard InChI is InChI=1S/C14H17F2N3O/c1-3-14(2,8-17)13-18-12(19-20-13)6-9-4-10(15)7-11(16)5-9/h4-5,7H,3,6,8,17H2,1-2H3. The molecule has 6 heteroatoms. The highest BCUT2D eigenvalue weighted by molar-refractivity contribution is 5.21. The van der Waals surface area contributed by atoms with Crippen molar-refractivity contribution in [3.8, 4) is 0 Å². The van der Waals surface area contributed by atoms with E-state index in [0.717, 1.165) is 12.5 Å². The third-order valence-corrected chi connectivity index (χ3v) is 3.50. The Morgan fingerprint density at radius 2 is 1.90 bits per heavy atom. The van der Waals surface area contributed by atoms with Crippen LogP contribution >= 0.6 is 0 Å². The number of halogens is 2. The lowest BCUT2D eigenvalue weighted by atomic mass is 9.88. The van der Waals surface area contributed by atoms with Gasteiger partial charge in [0.05, 0.1) is 5.41 Å². The zero-order valence-electron chi connectivity index (χ0n) is 11.5. The van der Waals surface area contributed by atoms with Crippen LogP contribution in [0, 0.1) is 11.6 Å². The molecule has 0 saturated carbocycles. The maximum Gasteiger partial charge on any atom is 0.233 e. The predicted molar refractivity (Wildman–Crippen MR) is 70.2 cm³/mol. The summed E-state index contributed by atoms with van der Waals surface area (Å²) in [5, 5.41) is 3.85. The quantitative estimate of drug-likeness (QED) is 0.914. The summed E-state index contributed by atoms with van der Waals surface area (Å²) in [4.78, 5) is 4.28. The number of rotatable bonds is 5. The van der Waals surface area contributed by atoms with Crippen molar-refractivity contribution in [1.29, 1.82) is 0 Å². The molecule has 0 saturated heterocycles. The highest BCUT2D eigenvalue weighted by Gasteiger charge is 2.29. The Balaban J connectivity index is 2.21. The van der Waals surface area contributed by atoms with Gasteiger partial charge in [-0.25, -0.2) is 8.78 Å².